The third kappa shape index (κ3) is 3.19. The highest BCUT2D eigenvalue weighted by molar-refractivity contribution is 7.48. The molecule has 0 spiro atoms. The summed E-state index contributed by atoms with van der Waals surface area (Å²) < 4.78 is 35.2. The Morgan fingerprint density at radius 2 is 1.58 bits per heavy atom. The summed E-state index contributed by atoms with van der Waals surface area (Å²) in [6.45, 7) is 0.447. The number of hydrogen-bond donors (Lipinski definition) is 0. The summed E-state index contributed by atoms with van der Waals surface area (Å²) >= 11 is 0. The van der Waals surface area contributed by atoms with Gasteiger partial charge in [0.1, 0.15) is 0 Å². The van der Waals surface area contributed by atoms with Crippen LogP contribution in [-0.4, -0.2) is 13.2 Å². The van der Waals surface area contributed by atoms with E-state index in [0.717, 1.165) is 25.7 Å². The number of hydrogen-bond acceptors (Lipinski definition) is 4. The predicted octanol–water partition coefficient (Wildman–Crippen LogP) is 2.60. The fraction of sp³-hybridized carbons (Fsp3) is 1.00. The van der Waals surface area contributed by atoms with Gasteiger partial charge in [-0.25, -0.2) is 4.57 Å². The highest BCUT2D eigenvalue weighted by Gasteiger charge is 2.28. The molecule has 1 saturated heterocycles. The Hall–Kier alpha value is 0.0400. The van der Waals surface area contributed by atoms with Gasteiger partial charge < -0.3 is 0 Å². The van der Waals surface area contributed by atoms with E-state index >= 15 is 0 Å². The van der Waals surface area contributed by atoms with Crippen molar-refractivity contribution < 1.29 is 22.9 Å². The average Bonchev–Trinajstić information content (AvgIpc) is 2.18. The molecule has 0 aromatic heterocycles. The molecule has 72 valence electrons. The second-order valence-corrected chi connectivity index (χ2v) is 4.15. The molecule has 1 aliphatic rings. The van der Waals surface area contributed by atoms with Crippen molar-refractivity contribution in [3.8, 4) is 0 Å². The Morgan fingerprint density at radius 3 is 2.00 bits per heavy atom. The predicted molar refractivity (Wildman–Crippen MR) is 40.2 cm³/mol. The fourth-order valence-electron chi connectivity index (χ4n) is 0.987. The molecular formula is C6H12FO4P. The average molecular weight is 198 g/mol. The maximum atomic E-state index is 11.7. The largest absolute Gasteiger partial charge is 0.506 e. The van der Waals surface area contributed by atoms with Gasteiger partial charge in [0.05, 0.1) is 13.2 Å². The van der Waals surface area contributed by atoms with Crippen LogP contribution in [0, 0.1) is 0 Å². The Balaban J connectivity index is 2.44. The minimum atomic E-state index is -3.86. The highest BCUT2D eigenvalue weighted by Crippen LogP contribution is 2.50. The monoisotopic (exact) mass is 198 g/mol. The fourth-order valence-corrected chi connectivity index (χ4v) is 1.85. The summed E-state index contributed by atoms with van der Waals surface area (Å²) in [5.41, 5.74) is 0. The molecule has 0 saturated carbocycles. The van der Waals surface area contributed by atoms with Crippen molar-refractivity contribution in [2.75, 3.05) is 13.2 Å². The first-order chi connectivity index (χ1) is 5.77. The van der Waals surface area contributed by atoms with Crippen molar-refractivity contribution in [3.05, 3.63) is 0 Å². The van der Waals surface area contributed by atoms with E-state index in [-0.39, 0.29) is 13.2 Å². The number of phosphoric acid groups is 1. The number of halogens is 1. The van der Waals surface area contributed by atoms with Gasteiger partial charge in [0.2, 0.25) is 0 Å². The Labute approximate surface area is 70.5 Å². The number of rotatable bonds is 1. The molecule has 1 fully saturated rings. The van der Waals surface area contributed by atoms with Gasteiger partial charge in [-0.1, -0.05) is 17.6 Å². The minimum Gasteiger partial charge on any atom is -0.285 e. The second-order valence-electron chi connectivity index (χ2n) is 2.60. The third-order valence-electron chi connectivity index (χ3n) is 1.62. The Morgan fingerprint density at radius 1 is 1.08 bits per heavy atom. The van der Waals surface area contributed by atoms with Crippen molar-refractivity contribution in [3.63, 3.8) is 0 Å². The summed E-state index contributed by atoms with van der Waals surface area (Å²) in [4.78, 5) is 0. The molecule has 1 heterocycles. The van der Waals surface area contributed by atoms with Gasteiger partial charge in [-0.05, 0) is 17.4 Å². The molecule has 0 aromatic rings. The summed E-state index contributed by atoms with van der Waals surface area (Å²) in [6, 6.07) is 0. The van der Waals surface area contributed by atoms with E-state index in [1.165, 1.54) is 0 Å². The molecule has 1 rings (SSSR count). The van der Waals surface area contributed by atoms with E-state index in [0.29, 0.717) is 0 Å². The molecule has 0 atom stereocenters. The lowest BCUT2D eigenvalue weighted by atomic mass is 10.2. The van der Waals surface area contributed by atoms with Crippen LogP contribution in [0.4, 0.5) is 4.53 Å². The lowest BCUT2D eigenvalue weighted by Crippen LogP contribution is -1.96. The van der Waals surface area contributed by atoms with Gasteiger partial charge in [0, 0.05) is 0 Å². The number of phosphoric ester groups is 1. The molecule has 0 radical (unpaired) electrons. The van der Waals surface area contributed by atoms with Crippen LogP contribution in [0.3, 0.4) is 0 Å². The van der Waals surface area contributed by atoms with Gasteiger partial charge in [0.25, 0.3) is 0 Å². The topological polar surface area (TPSA) is 44.8 Å². The first kappa shape index (κ1) is 10.1. The maximum Gasteiger partial charge on any atom is 0.506 e. The van der Waals surface area contributed by atoms with E-state index < -0.39 is 7.82 Å². The van der Waals surface area contributed by atoms with E-state index in [2.05, 4.69) is 13.8 Å². The van der Waals surface area contributed by atoms with Gasteiger partial charge in [0.15, 0.2) is 0 Å². The molecular weight excluding hydrogens is 186 g/mol. The van der Waals surface area contributed by atoms with Crippen LogP contribution in [0.1, 0.15) is 25.7 Å². The lowest BCUT2D eigenvalue weighted by molar-refractivity contribution is -0.0563. The van der Waals surface area contributed by atoms with E-state index in [4.69, 9.17) is 0 Å². The maximum absolute atomic E-state index is 11.7. The summed E-state index contributed by atoms with van der Waals surface area (Å²) in [6.07, 6.45) is 3.48. The molecule has 0 amide bonds. The molecule has 12 heavy (non-hydrogen) atoms. The van der Waals surface area contributed by atoms with Crippen molar-refractivity contribution in [2.24, 2.45) is 0 Å². The molecule has 4 nitrogen and oxygen atoms in total. The van der Waals surface area contributed by atoms with Crippen molar-refractivity contribution in [1.29, 1.82) is 0 Å². The van der Waals surface area contributed by atoms with E-state index in [1.807, 2.05) is 0 Å². The zero-order valence-electron chi connectivity index (χ0n) is 6.70. The quantitative estimate of drug-likeness (QED) is 0.607. The standard InChI is InChI=1S/C6H12FO4P/c7-11-12(8)9-5-3-1-2-4-6-10-12/h1-6H2. The van der Waals surface area contributed by atoms with Crippen molar-refractivity contribution in [1.82, 2.24) is 0 Å². The van der Waals surface area contributed by atoms with Gasteiger partial charge in [-0.2, -0.15) is 0 Å². The summed E-state index contributed by atoms with van der Waals surface area (Å²) in [5.74, 6) is 0. The molecule has 1 aliphatic heterocycles. The van der Waals surface area contributed by atoms with Crippen LogP contribution < -0.4 is 0 Å². The molecule has 0 aromatic carbocycles. The van der Waals surface area contributed by atoms with Crippen LogP contribution in [0.2, 0.25) is 0 Å². The lowest BCUT2D eigenvalue weighted by Gasteiger charge is -2.10. The zero-order valence-corrected chi connectivity index (χ0v) is 7.60. The van der Waals surface area contributed by atoms with Crippen LogP contribution in [0.25, 0.3) is 0 Å². The van der Waals surface area contributed by atoms with Crippen LogP contribution in [0.5, 0.6) is 0 Å². The van der Waals surface area contributed by atoms with Crippen LogP contribution in [0.15, 0.2) is 0 Å². The third-order valence-corrected chi connectivity index (χ3v) is 2.79. The summed E-state index contributed by atoms with van der Waals surface area (Å²) in [7, 11) is -3.86. The first-order valence-electron chi connectivity index (χ1n) is 3.96. The van der Waals surface area contributed by atoms with Gasteiger partial charge in [-0.3, -0.25) is 9.05 Å². The second kappa shape index (κ2) is 4.92. The summed E-state index contributed by atoms with van der Waals surface area (Å²) in [5, 5.41) is 0. The SMILES string of the molecule is O=P1(OF)OCCCCCCO1. The first-order valence-corrected chi connectivity index (χ1v) is 5.42. The van der Waals surface area contributed by atoms with Crippen LogP contribution >= 0.6 is 7.82 Å². The van der Waals surface area contributed by atoms with Crippen molar-refractivity contribution >= 4 is 7.82 Å². The van der Waals surface area contributed by atoms with Gasteiger partial charge in [-0.15, -0.1) is 0 Å². The molecule has 0 aliphatic carbocycles. The normalized spacial score (nSPS) is 25.4. The zero-order chi connectivity index (χ0) is 8.86. The van der Waals surface area contributed by atoms with Crippen LogP contribution in [-0.2, 0) is 18.3 Å². The Bertz CT molecular complexity index is 161. The van der Waals surface area contributed by atoms with Gasteiger partial charge >= 0.3 is 7.82 Å². The molecule has 6 heteroatoms. The molecule has 0 bridgehead atoms. The molecule has 0 N–H and O–H groups in total. The Kier molecular flexibility index (Phi) is 4.15. The van der Waals surface area contributed by atoms with E-state index in [1.54, 1.807) is 0 Å². The highest BCUT2D eigenvalue weighted by atomic mass is 31.2. The smallest absolute Gasteiger partial charge is 0.285 e. The van der Waals surface area contributed by atoms with E-state index in [9.17, 15) is 9.09 Å². The van der Waals surface area contributed by atoms with Crippen molar-refractivity contribution in [2.45, 2.75) is 25.7 Å². The minimum absolute atomic E-state index is 0.223. The molecule has 0 unspecified atom stereocenters.